The summed E-state index contributed by atoms with van der Waals surface area (Å²) in [5.41, 5.74) is 8.13. The van der Waals surface area contributed by atoms with Gasteiger partial charge in [-0.1, -0.05) is 40.2 Å². The Balaban J connectivity index is 1.50. The lowest BCUT2D eigenvalue weighted by molar-refractivity contribution is 0.0702. The molecule has 4 aromatic rings. The van der Waals surface area contributed by atoms with Crippen LogP contribution < -0.4 is 15.2 Å². The number of esters is 1. The van der Waals surface area contributed by atoms with E-state index in [1.807, 2.05) is 18.2 Å². The molecule has 0 aliphatic carbocycles. The van der Waals surface area contributed by atoms with Gasteiger partial charge in [-0.15, -0.1) is 0 Å². The zero-order valence-corrected chi connectivity index (χ0v) is 19.4. The van der Waals surface area contributed by atoms with Crippen molar-refractivity contribution in [3.8, 4) is 17.6 Å². The Morgan fingerprint density at radius 2 is 1.94 bits per heavy atom. The van der Waals surface area contributed by atoms with Gasteiger partial charge >= 0.3 is 5.97 Å². The molecule has 3 aromatic carbocycles. The molecule has 6 nitrogen and oxygen atoms in total. The maximum absolute atomic E-state index is 14.6. The van der Waals surface area contributed by atoms with Crippen molar-refractivity contribution >= 4 is 32.9 Å². The molecular weight excluding hydrogens is 503 g/mol. The third kappa shape index (κ3) is 3.60. The molecule has 0 amide bonds. The van der Waals surface area contributed by atoms with Crippen LogP contribution >= 0.6 is 15.9 Å². The Bertz CT molecular complexity index is 1550. The van der Waals surface area contributed by atoms with Gasteiger partial charge in [0.1, 0.15) is 34.5 Å². The van der Waals surface area contributed by atoms with Crippen LogP contribution in [0.1, 0.15) is 33.2 Å². The molecule has 0 fully saturated rings. The van der Waals surface area contributed by atoms with Crippen molar-refractivity contribution in [3.05, 3.63) is 105 Å². The van der Waals surface area contributed by atoms with Crippen molar-refractivity contribution in [2.45, 2.75) is 12.8 Å². The first-order valence-corrected chi connectivity index (χ1v) is 11.0. The highest BCUT2D eigenvalue weighted by Gasteiger charge is 2.33. The number of allylic oxidation sites excluding steroid dienone is 1. The molecule has 0 spiro atoms. The first-order valence-electron chi connectivity index (χ1n) is 10.2. The second-order valence-corrected chi connectivity index (χ2v) is 8.65. The lowest BCUT2D eigenvalue weighted by Crippen LogP contribution is -2.21. The minimum Gasteiger partial charge on any atom is -0.449 e. The molecule has 1 aliphatic rings. The number of halogens is 2. The summed E-state index contributed by atoms with van der Waals surface area (Å²) in [4.78, 5) is 12.9. The second kappa shape index (κ2) is 8.36. The van der Waals surface area contributed by atoms with Crippen molar-refractivity contribution in [3.63, 3.8) is 0 Å². The first-order chi connectivity index (χ1) is 16.4. The Morgan fingerprint density at radius 3 is 2.71 bits per heavy atom. The van der Waals surface area contributed by atoms with Crippen LogP contribution in [0, 0.1) is 24.1 Å². The molecule has 1 unspecified atom stereocenters. The molecule has 34 heavy (non-hydrogen) atoms. The lowest BCUT2D eigenvalue weighted by Gasteiger charge is -2.26. The molecular formula is C26H16BrFN2O4. The van der Waals surface area contributed by atoms with Crippen molar-refractivity contribution in [1.29, 1.82) is 5.26 Å². The summed E-state index contributed by atoms with van der Waals surface area (Å²) in [5, 5.41) is 10.4. The number of aryl methyl sites for hydroxylation is 1. The molecule has 8 heteroatoms. The minimum atomic E-state index is -0.754. The maximum Gasteiger partial charge on any atom is 0.379 e. The number of ether oxygens (including phenoxy) is 2. The molecule has 0 radical (unpaired) electrons. The summed E-state index contributed by atoms with van der Waals surface area (Å²) in [7, 11) is 0. The number of nitrogens with two attached hydrogens (primary N) is 1. The average molecular weight is 519 g/mol. The topological polar surface area (TPSA) is 98.5 Å². The van der Waals surface area contributed by atoms with Crippen LogP contribution in [0.25, 0.3) is 11.0 Å². The van der Waals surface area contributed by atoms with E-state index in [4.69, 9.17) is 19.6 Å². The van der Waals surface area contributed by atoms with Gasteiger partial charge in [-0.2, -0.15) is 5.26 Å². The quantitative estimate of drug-likeness (QED) is 0.260. The van der Waals surface area contributed by atoms with Gasteiger partial charge in [-0.25, -0.2) is 9.18 Å². The molecule has 1 atom stereocenters. The fourth-order valence-corrected chi connectivity index (χ4v) is 4.42. The van der Waals surface area contributed by atoms with E-state index in [2.05, 4.69) is 15.9 Å². The minimum absolute atomic E-state index is 0.0853. The number of fused-ring (bicyclic) bond motifs is 2. The zero-order chi connectivity index (χ0) is 24.0. The second-order valence-electron chi connectivity index (χ2n) is 7.73. The summed E-state index contributed by atoms with van der Waals surface area (Å²) in [5.74, 6) is -1.50. The largest absolute Gasteiger partial charge is 0.449 e. The van der Waals surface area contributed by atoms with Gasteiger partial charge in [0.05, 0.1) is 5.92 Å². The third-order valence-electron chi connectivity index (χ3n) is 5.70. The summed E-state index contributed by atoms with van der Waals surface area (Å²) in [6.45, 7) is 1.78. The third-order valence-corrected chi connectivity index (χ3v) is 6.20. The summed E-state index contributed by atoms with van der Waals surface area (Å²) < 4.78 is 32.3. The number of nitrogens with zero attached hydrogens (tertiary/aromatic N) is 1. The van der Waals surface area contributed by atoms with Crippen LogP contribution in [0.3, 0.4) is 0 Å². The molecule has 2 heterocycles. The SMILES string of the molecule is Cc1c(C(=O)Oc2ccc3c(c2)OC(N)=C(C#N)C3c2ccccc2F)oc2cc(Br)ccc12. The van der Waals surface area contributed by atoms with Crippen molar-refractivity contribution in [1.82, 2.24) is 0 Å². The van der Waals surface area contributed by atoms with Gasteiger partial charge in [0, 0.05) is 32.6 Å². The number of carbonyl (C=O) groups is 1. The van der Waals surface area contributed by atoms with Gasteiger partial charge in [0.15, 0.2) is 0 Å². The molecule has 2 N–H and O–H groups in total. The standard InChI is InChI=1S/C26H16BrFN2O4/c1-13-16-8-6-14(27)10-21(16)33-24(13)26(31)32-15-7-9-18-22(11-15)34-25(30)19(12-29)23(18)17-4-2-3-5-20(17)28/h2-11,23H,30H2,1H3. The van der Waals surface area contributed by atoms with E-state index in [0.717, 1.165) is 9.86 Å². The fraction of sp³-hybridized carbons (Fsp3) is 0.0769. The lowest BCUT2D eigenvalue weighted by atomic mass is 9.83. The molecule has 1 aromatic heterocycles. The molecule has 0 bridgehead atoms. The summed E-state index contributed by atoms with van der Waals surface area (Å²) in [6, 6.07) is 18.3. The summed E-state index contributed by atoms with van der Waals surface area (Å²) >= 11 is 3.38. The van der Waals surface area contributed by atoms with Crippen molar-refractivity contribution in [2.24, 2.45) is 5.73 Å². The number of benzene rings is 3. The van der Waals surface area contributed by atoms with Crippen LogP contribution in [-0.4, -0.2) is 5.97 Å². The summed E-state index contributed by atoms with van der Waals surface area (Å²) in [6.07, 6.45) is 0. The van der Waals surface area contributed by atoms with Crippen molar-refractivity contribution in [2.75, 3.05) is 0 Å². The number of rotatable bonds is 3. The van der Waals surface area contributed by atoms with E-state index in [0.29, 0.717) is 22.3 Å². The van der Waals surface area contributed by atoms with Crippen LogP contribution in [-0.2, 0) is 0 Å². The average Bonchev–Trinajstić information content (AvgIpc) is 3.14. The Hall–Kier alpha value is -4.09. The monoisotopic (exact) mass is 518 g/mol. The van der Waals surface area contributed by atoms with E-state index in [1.54, 1.807) is 43.3 Å². The van der Waals surface area contributed by atoms with Crippen LogP contribution in [0.15, 0.2) is 81.0 Å². The number of nitriles is 1. The highest BCUT2D eigenvalue weighted by Crippen LogP contribution is 2.44. The number of hydrogen-bond acceptors (Lipinski definition) is 6. The fourth-order valence-electron chi connectivity index (χ4n) is 4.08. The van der Waals surface area contributed by atoms with Crippen molar-refractivity contribution < 1.29 is 23.1 Å². The smallest absolute Gasteiger partial charge is 0.379 e. The first kappa shape index (κ1) is 21.7. The van der Waals surface area contributed by atoms with E-state index < -0.39 is 17.7 Å². The Labute approximate surface area is 202 Å². The molecule has 5 rings (SSSR count). The number of furan rings is 1. The predicted molar refractivity (Wildman–Crippen MR) is 126 cm³/mol. The zero-order valence-electron chi connectivity index (χ0n) is 17.8. The van der Waals surface area contributed by atoms with Crippen LogP contribution in [0.5, 0.6) is 11.5 Å². The molecule has 0 saturated heterocycles. The Morgan fingerprint density at radius 1 is 1.15 bits per heavy atom. The van der Waals surface area contributed by atoms with E-state index >= 15 is 0 Å². The number of carbonyl (C=O) groups excluding carboxylic acids is 1. The molecule has 168 valence electrons. The van der Waals surface area contributed by atoms with Gasteiger partial charge in [-0.05, 0) is 37.3 Å². The van der Waals surface area contributed by atoms with E-state index in [1.165, 1.54) is 12.1 Å². The Kier molecular flexibility index (Phi) is 5.34. The van der Waals surface area contributed by atoms with Gasteiger partial charge < -0.3 is 19.6 Å². The van der Waals surface area contributed by atoms with Crippen LogP contribution in [0.2, 0.25) is 0 Å². The highest BCUT2D eigenvalue weighted by molar-refractivity contribution is 9.10. The van der Waals surface area contributed by atoms with Gasteiger partial charge in [-0.3, -0.25) is 0 Å². The van der Waals surface area contributed by atoms with Gasteiger partial charge in [0.25, 0.3) is 0 Å². The highest BCUT2D eigenvalue weighted by atomic mass is 79.9. The van der Waals surface area contributed by atoms with E-state index in [-0.39, 0.29) is 28.7 Å². The maximum atomic E-state index is 14.6. The van der Waals surface area contributed by atoms with Crippen LogP contribution in [0.4, 0.5) is 4.39 Å². The normalized spacial score (nSPS) is 14.9. The van der Waals surface area contributed by atoms with E-state index in [9.17, 15) is 14.4 Å². The van der Waals surface area contributed by atoms with Gasteiger partial charge in [0.2, 0.25) is 11.6 Å². The molecule has 0 saturated carbocycles. The number of hydrogen-bond donors (Lipinski definition) is 1. The predicted octanol–water partition coefficient (Wildman–Crippen LogP) is 6.08. The molecule has 1 aliphatic heterocycles.